The fourth-order valence-corrected chi connectivity index (χ4v) is 3.43. The number of thiol groups is 1. The van der Waals surface area contributed by atoms with Gasteiger partial charge in [-0.25, -0.2) is 0 Å². The molecule has 25 heavy (non-hydrogen) atoms. The van der Waals surface area contributed by atoms with Crippen LogP contribution in [0.3, 0.4) is 0 Å². The zero-order valence-electron chi connectivity index (χ0n) is 15.1. The summed E-state index contributed by atoms with van der Waals surface area (Å²) in [6, 6.07) is 16.5. The third kappa shape index (κ3) is 3.16. The molecule has 0 aliphatic carbocycles. The number of carbonyl (C=O) groups excluding carboxylic acids is 1. The van der Waals surface area contributed by atoms with E-state index in [4.69, 9.17) is 0 Å². The average molecular weight is 349 g/mol. The van der Waals surface area contributed by atoms with E-state index in [1.165, 1.54) is 5.56 Å². The molecule has 1 aromatic heterocycles. The number of Topliss-reactive ketones (excluding diaryl/α,β-unsaturated/α-hetero) is 1. The number of carbonyl (C=O) groups is 1. The van der Waals surface area contributed by atoms with Gasteiger partial charge in [-0.05, 0) is 37.1 Å². The van der Waals surface area contributed by atoms with E-state index >= 15 is 0 Å². The summed E-state index contributed by atoms with van der Waals surface area (Å²) in [7, 11) is 1.98. The van der Waals surface area contributed by atoms with Crippen LogP contribution in [-0.4, -0.2) is 10.4 Å². The molecule has 0 aliphatic rings. The van der Waals surface area contributed by atoms with Crippen LogP contribution >= 0.6 is 12.6 Å². The lowest BCUT2D eigenvalue weighted by Gasteiger charge is -2.09. The summed E-state index contributed by atoms with van der Waals surface area (Å²) < 4.78 is 2.03. The maximum absolute atomic E-state index is 12.7. The van der Waals surface area contributed by atoms with E-state index in [9.17, 15) is 4.79 Å². The number of hydrogen-bond donors (Lipinski definition) is 1. The molecule has 3 heteroatoms. The summed E-state index contributed by atoms with van der Waals surface area (Å²) in [5.74, 6) is 0.161. The second-order valence-electron chi connectivity index (χ2n) is 6.43. The first-order chi connectivity index (χ1) is 11.9. The Morgan fingerprint density at radius 1 is 0.920 bits per heavy atom. The average Bonchev–Trinajstić information content (AvgIpc) is 2.87. The summed E-state index contributed by atoms with van der Waals surface area (Å²) >= 11 is 4.39. The maximum atomic E-state index is 12.7. The van der Waals surface area contributed by atoms with Crippen LogP contribution in [-0.2, 0) is 7.05 Å². The molecule has 0 atom stereocenters. The number of ketones is 1. The van der Waals surface area contributed by atoms with Gasteiger partial charge in [-0.15, -0.1) is 12.6 Å². The summed E-state index contributed by atoms with van der Waals surface area (Å²) in [6.07, 6.45) is 0.488. The second kappa shape index (κ2) is 6.93. The predicted octanol–water partition coefficient (Wildman–Crippen LogP) is 5.86. The van der Waals surface area contributed by atoms with E-state index in [0.29, 0.717) is 6.42 Å². The Morgan fingerprint density at radius 3 is 2.00 bits per heavy atom. The highest BCUT2D eigenvalue weighted by molar-refractivity contribution is 7.80. The van der Waals surface area contributed by atoms with E-state index in [0.717, 1.165) is 38.5 Å². The van der Waals surface area contributed by atoms with Crippen LogP contribution in [0.4, 0.5) is 0 Å². The topological polar surface area (TPSA) is 22.0 Å². The SMILES string of the molecule is CCC(=O)c1c(-c2ccc(S)cc2)c(-c2ccc(C)cc2)c(C)n1C. The highest BCUT2D eigenvalue weighted by Crippen LogP contribution is 2.40. The van der Waals surface area contributed by atoms with Crippen LogP contribution in [0.1, 0.15) is 35.1 Å². The van der Waals surface area contributed by atoms with E-state index in [1.54, 1.807) is 0 Å². The normalized spacial score (nSPS) is 10.9. The van der Waals surface area contributed by atoms with Gasteiger partial charge in [0, 0.05) is 35.2 Å². The van der Waals surface area contributed by atoms with Gasteiger partial charge < -0.3 is 4.57 Å². The fourth-order valence-electron chi connectivity index (χ4n) is 3.28. The number of aryl methyl sites for hydroxylation is 1. The monoisotopic (exact) mass is 349 g/mol. The van der Waals surface area contributed by atoms with E-state index in [-0.39, 0.29) is 5.78 Å². The second-order valence-corrected chi connectivity index (χ2v) is 6.95. The Labute approximate surface area is 154 Å². The van der Waals surface area contributed by atoms with Crippen molar-refractivity contribution in [1.82, 2.24) is 4.57 Å². The molecule has 3 rings (SSSR count). The number of rotatable bonds is 4. The third-order valence-electron chi connectivity index (χ3n) is 4.77. The Morgan fingerprint density at radius 2 is 1.44 bits per heavy atom. The number of aromatic nitrogens is 1. The van der Waals surface area contributed by atoms with Crippen molar-refractivity contribution in [3.63, 3.8) is 0 Å². The minimum absolute atomic E-state index is 0.161. The quantitative estimate of drug-likeness (QED) is 0.463. The summed E-state index contributed by atoms with van der Waals surface area (Å²) in [6.45, 7) is 6.08. The molecule has 3 aromatic rings. The standard InChI is InChI=1S/C22H23NOS/c1-5-19(24)22-21(17-10-12-18(25)13-11-17)20(15(3)23(22)4)16-8-6-14(2)7-9-16/h6-13,25H,5H2,1-4H3. The smallest absolute Gasteiger partial charge is 0.179 e. The lowest BCUT2D eigenvalue weighted by atomic mass is 9.93. The van der Waals surface area contributed by atoms with E-state index in [1.807, 2.05) is 42.8 Å². The van der Waals surface area contributed by atoms with Crippen LogP contribution in [0.15, 0.2) is 53.4 Å². The molecule has 0 unspecified atom stereocenters. The molecule has 0 N–H and O–H groups in total. The van der Waals surface area contributed by atoms with Crippen LogP contribution in [0.2, 0.25) is 0 Å². The minimum atomic E-state index is 0.161. The number of benzene rings is 2. The molecule has 2 nitrogen and oxygen atoms in total. The first kappa shape index (κ1) is 17.6. The Bertz CT molecular complexity index is 918. The van der Waals surface area contributed by atoms with Gasteiger partial charge >= 0.3 is 0 Å². The van der Waals surface area contributed by atoms with Crippen molar-refractivity contribution < 1.29 is 4.79 Å². The highest BCUT2D eigenvalue weighted by atomic mass is 32.1. The largest absolute Gasteiger partial charge is 0.344 e. The molecule has 0 bridgehead atoms. The van der Waals surface area contributed by atoms with Crippen molar-refractivity contribution in [3.05, 3.63) is 65.5 Å². The van der Waals surface area contributed by atoms with Crippen molar-refractivity contribution >= 4 is 18.4 Å². The summed E-state index contributed by atoms with van der Waals surface area (Å²) in [5.41, 5.74) is 7.44. The molecule has 0 radical (unpaired) electrons. The predicted molar refractivity (Wildman–Crippen MR) is 108 cm³/mol. The van der Waals surface area contributed by atoms with Crippen LogP contribution in [0.25, 0.3) is 22.3 Å². The van der Waals surface area contributed by atoms with Gasteiger partial charge in [0.15, 0.2) is 5.78 Å². The number of nitrogens with zero attached hydrogens (tertiary/aromatic N) is 1. The Hall–Kier alpha value is -2.26. The molecule has 0 spiro atoms. The van der Waals surface area contributed by atoms with Crippen LogP contribution < -0.4 is 0 Å². The van der Waals surface area contributed by atoms with Gasteiger partial charge in [-0.1, -0.05) is 48.9 Å². The Kier molecular flexibility index (Phi) is 4.87. The summed E-state index contributed by atoms with van der Waals surface area (Å²) in [5, 5.41) is 0. The van der Waals surface area contributed by atoms with Crippen molar-refractivity contribution in [2.24, 2.45) is 7.05 Å². The lowest BCUT2D eigenvalue weighted by Crippen LogP contribution is -2.06. The Balaban J connectivity index is 2.35. The first-order valence-corrected chi connectivity index (χ1v) is 8.97. The van der Waals surface area contributed by atoms with Gasteiger partial charge in [0.25, 0.3) is 0 Å². The molecule has 0 aliphatic heterocycles. The number of hydrogen-bond acceptors (Lipinski definition) is 2. The third-order valence-corrected chi connectivity index (χ3v) is 5.07. The zero-order chi connectivity index (χ0) is 18.1. The van der Waals surface area contributed by atoms with Crippen molar-refractivity contribution in [2.75, 3.05) is 0 Å². The molecular weight excluding hydrogens is 326 g/mol. The molecule has 0 saturated carbocycles. The van der Waals surface area contributed by atoms with Crippen molar-refractivity contribution in [3.8, 4) is 22.3 Å². The van der Waals surface area contributed by atoms with Crippen molar-refractivity contribution in [1.29, 1.82) is 0 Å². The maximum Gasteiger partial charge on any atom is 0.179 e. The molecule has 1 heterocycles. The summed E-state index contributed by atoms with van der Waals surface area (Å²) in [4.78, 5) is 13.6. The highest BCUT2D eigenvalue weighted by Gasteiger charge is 2.24. The molecule has 0 saturated heterocycles. The van der Waals surface area contributed by atoms with Gasteiger partial charge in [-0.3, -0.25) is 4.79 Å². The van der Waals surface area contributed by atoms with E-state index in [2.05, 4.69) is 50.7 Å². The molecule has 2 aromatic carbocycles. The minimum Gasteiger partial charge on any atom is -0.344 e. The molecule has 0 amide bonds. The van der Waals surface area contributed by atoms with Gasteiger partial charge in [0.05, 0.1) is 5.69 Å². The van der Waals surface area contributed by atoms with Crippen LogP contribution in [0, 0.1) is 13.8 Å². The zero-order valence-corrected chi connectivity index (χ0v) is 16.0. The first-order valence-electron chi connectivity index (χ1n) is 8.53. The van der Waals surface area contributed by atoms with Gasteiger partial charge in [-0.2, -0.15) is 0 Å². The fraction of sp³-hybridized carbons (Fsp3) is 0.227. The lowest BCUT2D eigenvalue weighted by molar-refractivity contribution is 0.0981. The van der Waals surface area contributed by atoms with Crippen LogP contribution in [0.5, 0.6) is 0 Å². The molecular formula is C22H23NOS. The van der Waals surface area contributed by atoms with Gasteiger partial charge in [0.1, 0.15) is 0 Å². The molecule has 0 fully saturated rings. The van der Waals surface area contributed by atoms with Crippen molar-refractivity contribution in [2.45, 2.75) is 32.1 Å². The molecule has 128 valence electrons. The van der Waals surface area contributed by atoms with Gasteiger partial charge in [0.2, 0.25) is 0 Å². The van der Waals surface area contributed by atoms with E-state index < -0.39 is 0 Å².